The molecule has 0 radical (unpaired) electrons. The molecule has 34 heavy (non-hydrogen) atoms. The third kappa shape index (κ3) is 5.13. The van der Waals surface area contributed by atoms with E-state index in [1.54, 1.807) is 11.9 Å². The first kappa shape index (κ1) is 22.5. The van der Waals surface area contributed by atoms with Crippen LogP contribution in [0.2, 0.25) is 0 Å². The maximum absolute atomic E-state index is 12.7. The molecule has 3 N–H and O–H groups in total. The Bertz CT molecular complexity index is 1270. The maximum Gasteiger partial charge on any atom is 0.417 e. The summed E-state index contributed by atoms with van der Waals surface area (Å²) in [5.74, 6) is 0.473. The molecule has 1 fully saturated rings. The smallest absolute Gasteiger partial charge is 0.417 e. The van der Waals surface area contributed by atoms with E-state index < -0.39 is 11.7 Å². The molecule has 0 atom stereocenters. The Kier molecular flexibility index (Phi) is 6.09. The molecule has 5 rings (SSSR count). The minimum atomic E-state index is -4.37. The van der Waals surface area contributed by atoms with Gasteiger partial charge in [-0.15, -0.1) is 0 Å². The van der Waals surface area contributed by atoms with Crippen molar-refractivity contribution < 1.29 is 17.6 Å². The Hall–Kier alpha value is -3.24. The zero-order valence-electron chi connectivity index (χ0n) is 18.0. The molecule has 3 heterocycles. The van der Waals surface area contributed by atoms with Crippen molar-refractivity contribution in [3.8, 4) is 11.1 Å². The summed E-state index contributed by atoms with van der Waals surface area (Å²) in [4.78, 5) is 9.24. The third-order valence-electron chi connectivity index (χ3n) is 5.72. The molecule has 10 heteroatoms. The summed E-state index contributed by atoms with van der Waals surface area (Å²) in [7, 11) is 0. The molecule has 0 aliphatic carbocycles. The second-order valence-electron chi connectivity index (χ2n) is 8.13. The van der Waals surface area contributed by atoms with Crippen LogP contribution >= 0.6 is 11.9 Å². The molecule has 0 spiro atoms. The van der Waals surface area contributed by atoms with Gasteiger partial charge in [0.25, 0.3) is 6.01 Å². The van der Waals surface area contributed by atoms with E-state index in [2.05, 4.69) is 43.9 Å². The number of halogens is 3. The van der Waals surface area contributed by atoms with Crippen LogP contribution in [0, 0.1) is 0 Å². The van der Waals surface area contributed by atoms with E-state index in [-0.39, 0.29) is 12.1 Å². The molecular formula is C24H22F3N5OS. The lowest BCUT2D eigenvalue weighted by atomic mass is 10.1. The SMILES string of the molecule is Nc1nc2cc(-c3ccc(SN4CCC(Nc5ccc(C(F)(F)F)cn5)CC4)cc3)ccc2o1. The minimum Gasteiger partial charge on any atom is -0.424 e. The predicted octanol–water partition coefficient (Wildman–Crippen LogP) is 6.07. The fourth-order valence-corrected chi connectivity index (χ4v) is 4.88. The van der Waals surface area contributed by atoms with Crippen molar-refractivity contribution in [2.75, 3.05) is 24.1 Å². The second kappa shape index (κ2) is 9.19. The van der Waals surface area contributed by atoms with Gasteiger partial charge in [0.05, 0.1) is 5.56 Å². The number of nitrogens with one attached hydrogen (secondary N) is 1. The number of piperidine rings is 1. The number of pyridine rings is 1. The number of nitrogens with two attached hydrogens (primary N) is 1. The fraction of sp³-hybridized carbons (Fsp3) is 0.250. The van der Waals surface area contributed by atoms with Crippen LogP contribution in [0.5, 0.6) is 0 Å². The predicted molar refractivity (Wildman–Crippen MR) is 127 cm³/mol. The molecule has 176 valence electrons. The summed E-state index contributed by atoms with van der Waals surface area (Å²) >= 11 is 1.71. The molecule has 4 aromatic rings. The van der Waals surface area contributed by atoms with Crippen LogP contribution in [0.1, 0.15) is 18.4 Å². The number of aromatic nitrogens is 2. The highest BCUT2D eigenvalue weighted by molar-refractivity contribution is 7.97. The average molecular weight is 486 g/mol. The van der Waals surface area contributed by atoms with Gasteiger partial charge in [0, 0.05) is 30.2 Å². The van der Waals surface area contributed by atoms with Crippen molar-refractivity contribution in [2.24, 2.45) is 0 Å². The van der Waals surface area contributed by atoms with Crippen molar-refractivity contribution >= 4 is 34.9 Å². The van der Waals surface area contributed by atoms with Gasteiger partial charge < -0.3 is 15.5 Å². The molecule has 0 saturated carbocycles. The van der Waals surface area contributed by atoms with Crippen LogP contribution < -0.4 is 11.1 Å². The number of alkyl halides is 3. The molecule has 1 aliphatic rings. The first-order chi connectivity index (χ1) is 16.3. The number of anilines is 2. The Labute approximate surface area is 198 Å². The van der Waals surface area contributed by atoms with Crippen LogP contribution in [-0.2, 0) is 6.18 Å². The summed E-state index contributed by atoms with van der Waals surface area (Å²) in [5.41, 5.74) is 8.41. The van der Waals surface area contributed by atoms with E-state index in [0.29, 0.717) is 11.4 Å². The lowest BCUT2D eigenvalue weighted by Gasteiger charge is -2.31. The Morgan fingerprint density at radius 3 is 2.41 bits per heavy atom. The van der Waals surface area contributed by atoms with Crippen molar-refractivity contribution in [3.63, 3.8) is 0 Å². The zero-order chi connectivity index (χ0) is 23.7. The summed E-state index contributed by atoms with van der Waals surface area (Å²) in [6.07, 6.45) is -1.73. The summed E-state index contributed by atoms with van der Waals surface area (Å²) in [5, 5.41) is 3.25. The zero-order valence-corrected chi connectivity index (χ0v) is 18.9. The highest BCUT2D eigenvalue weighted by Gasteiger charge is 2.30. The van der Waals surface area contributed by atoms with Crippen LogP contribution in [0.25, 0.3) is 22.2 Å². The lowest BCUT2D eigenvalue weighted by molar-refractivity contribution is -0.137. The number of benzene rings is 2. The number of fused-ring (bicyclic) bond motifs is 1. The molecule has 0 unspecified atom stereocenters. The molecule has 6 nitrogen and oxygen atoms in total. The number of nitrogen functional groups attached to an aromatic ring is 1. The molecule has 2 aromatic heterocycles. The molecule has 1 aliphatic heterocycles. The van der Waals surface area contributed by atoms with Gasteiger partial charge in [-0.1, -0.05) is 18.2 Å². The minimum absolute atomic E-state index is 0.161. The van der Waals surface area contributed by atoms with Crippen LogP contribution in [0.3, 0.4) is 0 Å². The number of rotatable bonds is 5. The van der Waals surface area contributed by atoms with E-state index in [0.717, 1.165) is 59.7 Å². The molecule has 0 bridgehead atoms. The third-order valence-corrected chi connectivity index (χ3v) is 6.83. The maximum atomic E-state index is 12.7. The monoisotopic (exact) mass is 485 g/mol. The van der Waals surface area contributed by atoms with E-state index in [1.807, 2.05) is 18.2 Å². The second-order valence-corrected chi connectivity index (χ2v) is 9.30. The summed E-state index contributed by atoms with van der Waals surface area (Å²) < 4.78 is 45.7. The van der Waals surface area contributed by atoms with Crippen molar-refractivity contribution in [2.45, 2.75) is 30.0 Å². The number of nitrogens with zero attached hydrogens (tertiary/aromatic N) is 3. The van der Waals surface area contributed by atoms with Gasteiger partial charge in [-0.3, -0.25) is 0 Å². The largest absolute Gasteiger partial charge is 0.424 e. The van der Waals surface area contributed by atoms with Gasteiger partial charge in [0.15, 0.2) is 5.58 Å². The first-order valence-electron chi connectivity index (χ1n) is 10.8. The molecular weight excluding hydrogens is 463 g/mol. The Balaban J connectivity index is 1.14. The highest BCUT2D eigenvalue weighted by Crippen LogP contribution is 2.32. The molecule has 2 aromatic carbocycles. The van der Waals surface area contributed by atoms with Gasteiger partial charge in [-0.05, 0) is 72.3 Å². The van der Waals surface area contributed by atoms with Crippen LogP contribution in [0.15, 0.2) is 70.1 Å². The van der Waals surface area contributed by atoms with E-state index in [4.69, 9.17) is 10.2 Å². The van der Waals surface area contributed by atoms with E-state index in [9.17, 15) is 13.2 Å². The standard InChI is InChI=1S/C24H22F3N5OS/c25-24(26,27)17-4-8-22(29-14-17)30-18-9-11-32(12-10-18)34-19-5-1-15(2-6-19)16-3-7-21-20(13-16)31-23(28)33-21/h1-8,13-14,18H,9-12H2,(H2,28,31)(H,29,30). The quantitative estimate of drug-likeness (QED) is 0.332. The number of hydrogen-bond acceptors (Lipinski definition) is 7. The molecule has 0 amide bonds. The summed E-state index contributed by atoms with van der Waals surface area (Å²) in [6, 6.07) is 17.0. The van der Waals surface area contributed by atoms with Gasteiger partial charge in [0.2, 0.25) is 0 Å². The van der Waals surface area contributed by atoms with Crippen molar-refractivity contribution in [1.29, 1.82) is 0 Å². The average Bonchev–Trinajstić information content (AvgIpc) is 3.20. The van der Waals surface area contributed by atoms with Gasteiger partial charge >= 0.3 is 6.18 Å². The lowest BCUT2D eigenvalue weighted by Crippen LogP contribution is -2.35. The van der Waals surface area contributed by atoms with E-state index in [1.165, 1.54) is 6.07 Å². The topological polar surface area (TPSA) is 80.2 Å². The number of hydrogen-bond donors (Lipinski definition) is 2. The van der Waals surface area contributed by atoms with Gasteiger partial charge in [0.1, 0.15) is 11.3 Å². The van der Waals surface area contributed by atoms with Crippen LogP contribution in [-0.4, -0.2) is 33.4 Å². The normalized spacial score (nSPS) is 15.6. The summed E-state index contributed by atoms with van der Waals surface area (Å²) in [6.45, 7) is 1.74. The van der Waals surface area contributed by atoms with Gasteiger partial charge in [-0.2, -0.15) is 18.2 Å². The highest BCUT2D eigenvalue weighted by atomic mass is 32.2. The van der Waals surface area contributed by atoms with Crippen LogP contribution in [0.4, 0.5) is 25.0 Å². The van der Waals surface area contributed by atoms with Crippen molar-refractivity contribution in [1.82, 2.24) is 14.3 Å². The fourth-order valence-electron chi connectivity index (χ4n) is 3.93. The first-order valence-corrected chi connectivity index (χ1v) is 11.6. The Morgan fingerprint density at radius 2 is 1.74 bits per heavy atom. The Morgan fingerprint density at radius 1 is 1.00 bits per heavy atom. The van der Waals surface area contributed by atoms with Gasteiger partial charge in [-0.25, -0.2) is 9.29 Å². The van der Waals surface area contributed by atoms with Crippen molar-refractivity contribution in [3.05, 3.63) is 66.4 Å². The number of oxazole rings is 1. The van der Waals surface area contributed by atoms with E-state index >= 15 is 0 Å². The molecule has 1 saturated heterocycles.